The topological polar surface area (TPSA) is 68.0 Å². The number of halogens is 4. The fraction of sp³-hybridized carbons (Fsp3) is 0.182. The Morgan fingerprint density at radius 2 is 1.80 bits per heavy atom. The number of hydrogen-bond acceptors (Lipinski definition) is 3. The second kappa shape index (κ2) is 4.91. The molecule has 0 bridgehead atoms. The van der Waals surface area contributed by atoms with E-state index in [1.807, 2.05) is 0 Å². The third kappa shape index (κ3) is 2.22. The van der Waals surface area contributed by atoms with E-state index in [1.54, 1.807) is 0 Å². The molecule has 2 aromatic rings. The zero-order chi connectivity index (χ0) is 15.0. The number of hydrogen-bond donors (Lipinski definition) is 1. The van der Waals surface area contributed by atoms with Gasteiger partial charge in [0.1, 0.15) is 5.69 Å². The molecule has 0 spiro atoms. The average molecular weight is 289 g/mol. The van der Waals surface area contributed by atoms with Crippen LogP contribution in [0.5, 0.6) is 0 Å². The van der Waals surface area contributed by atoms with Gasteiger partial charge in [-0.3, -0.25) is 4.79 Å². The van der Waals surface area contributed by atoms with Crippen LogP contribution < -0.4 is 0 Å². The number of aromatic nitrogens is 3. The van der Waals surface area contributed by atoms with Gasteiger partial charge in [-0.25, -0.2) is 22.2 Å². The third-order valence-electron chi connectivity index (χ3n) is 2.61. The van der Waals surface area contributed by atoms with Gasteiger partial charge >= 0.3 is 5.97 Å². The highest BCUT2D eigenvalue weighted by Crippen LogP contribution is 2.24. The van der Waals surface area contributed by atoms with Gasteiger partial charge in [0, 0.05) is 6.07 Å². The minimum absolute atomic E-state index is 0.0322. The normalized spacial score (nSPS) is 10.8. The van der Waals surface area contributed by atoms with Crippen molar-refractivity contribution in [3.8, 4) is 5.69 Å². The fourth-order valence-corrected chi connectivity index (χ4v) is 1.63. The third-order valence-corrected chi connectivity index (χ3v) is 2.61. The summed E-state index contributed by atoms with van der Waals surface area (Å²) in [6, 6.07) is 0.0680. The lowest BCUT2D eigenvalue weighted by Crippen LogP contribution is -2.10. The molecule has 0 radical (unpaired) electrons. The summed E-state index contributed by atoms with van der Waals surface area (Å²) in [7, 11) is 0. The van der Waals surface area contributed by atoms with Crippen molar-refractivity contribution in [1.29, 1.82) is 0 Å². The van der Waals surface area contributed by atoms with Gasteiger partial charge in [-0.1, -0.05) is 5.21 Å². The molecular formula is C11H7F4N3O2. The quantitative estimate of drug-likeness (QED) is 0.690. The Hall–Kier alpha value is -2.45. The molecule has 1 aromatic carbocycles. The summed E-state index contributed by atoms with van der Waals surface area (Å²) < 4.78 is 53.9. The second-order valence-electron chi connectivity index (χ2n) is 3.92. The van der Waals surface area contributed by atoms with Gasteiger partial charge in [0.25, 0.3) is 0 Å². The van der Waals surface area contributed by atoms with Crippen LogP contribution in [0.2, 0.25) is 0 Å². The molecule has 106 valence electrons. The first-order chi connectivity index (χ1) is 9.32. The van der Waals surface area contributed by atoms with Crippen molar-refractivity contribution >= 4 is 5.97 Å². The first-order valence-corrected chi connectivity index (χ1v) is 5.29. The molecule has 1 N–H and O–H groups in total. The number of carboxylic acid groups (broad SMARTS) is 1. The Morgan fingerprint density at radius 3 is 2.30 bits per heavy atom. The van der Waals surface area contributed by atoms with Crippen LogP contribution in [0.15, 0.2) is 6.07 Å². The van der Waals surface area contributed by atoms with E-state index in [0.29, 0.717) is 4.68 Å². The van der Waals surface area contributed by atoms with Crippen molar-refractivity contribution in [2.75, 3.05) is 0 Å². The summed E-state index contributed by atoms with van der Waals surface area (Å²) in [5.74, 6) is -7.69. The molecule has 5 nitrogen and oxygen atoms in total. The van der Waals surface area contributed by atoms with Crippen LogP contribution in [0.25, 0.3) is 5.69 Å². The van der Waals surface area contributed by atoms with E-state index in [1.165, 1.54) is 6.92 Å². The molecular weight excluding hydrogens is 282 g/mol. The van der Waals surface area contributed by atoms with Gasteiger partial charge in [-0.05, 0) is 6.92 Å². The van der Waals surface area contributed by atoms with E-state index in [9.17, 15) is 22.4 Å². The molecule has 0 fully saturated rings. The molecule has 1 aromatic heterocycles. The number of nitrogens with zero attached hydrogens (tertiary/aromatic N) is 3. The lowest BCUT2D eigenvalue weighted by atomic mass is 10.2. The summed E-state index contributed by atoms with van der Waals surface area (Å²) in [6.45, 7) is 1.28. The van der Waals surface area contributed by atoms with Gasteiger partial charge < -0.3 is 5.11 Å². The van der Waals surface area contributed by atoms with Gasteiger partial charge in [0.15, 0.2) is 23.3 Å². The van der Waals surface area contributed by atoms with Crippen LogP contribution in [0.4, 0.5) is 17.6 Å². The molecule has 20 heavy (non-hydrogen) atoms. The summed E-state index contributed by atoms with van der Waals surface area (Å²) in [6.07, 6.45) is -0.535. The largest absolute Gasteiger partial charge is 0.481 e. The minimum Gasteiger partial charge on any atom is -0.481 e. The zero-order valence-electron chi connectivity index (χ0n) is 9.99. The van der Waals surface area contributed by atoms with Gasteiger partial charge in [0.2, 0.25) is 0 Å². The lowest BCUT2D eigenvalue weighted by molar-refractivity contribution is -0.136. The SMILES string of the molecule is Cc1c(CC(=O)O)nnn1-c1c(F)c(F)cc(F)c1F. The first kappa shape index (κ1) is 14.0. The van der Waals surface area contributed by atoms with Crippen LogP contribution in [-0.4, -0.2) is 26.1 Å². The Labute approximate surface area is 109 Å². The summed E-state index contributed by atoms with van der Waals surface area (Å²) >= 11 is 0. The van der Waals surface area contributed by atoms with Gasteiger partial charge in [-0.2, -0.15) is 0 Å². The smallest absolute Gasteiger partial charge is 0.309 e. The molecule has 0 aliphatic carbocycles. The maximum Gasteiger partial charge on any atom is 0.309 e. The van der Waals surface area contributed by atoms with E-state index in [2.05, 4.69) is 10.3 Å². The number of aliphatic carboxylic acids is 1. The van der Waals surface area contributed by atoms with Crippen LogP contribution in [0, 0.1) is 30.2 Å². The molecule has 1 heterocycles. The van der Waals surface area contributed by atoms with Crippen molar-refractivity contribution < 1.29 is 27.5 Å². The van der Waals surface area contributed by atoms with Crippen molar-refractivity contribution in [1.82, 2.24) is 15.0 Å². The van der Waals surface area contributed by atoms with Crippen molar-refractivity contribution in [3.05, 3.63) is 40.7 Å². The minimum atomic E-state index is -1.64. The molecule has 0 aliphatic heterocycles. The van der Waals surface area contributed by atoms with E-state index in [-0.39, 0.29) is 17.5 Å². The molecule has 0 saturated heterocycles. The fourth-order valence-electron chi connectivity index (χ4n) is 1.63. The Balaban J connectivity index is 2.64. The highest BCUT2D eigenvalue weighted by atomic mass is 19.2. The predicted molar refractivity (Wildman–Crippen MR) is 57.3 cm³/mol. The van der Waals surface area contributed by atoms with Crippen LogP contribution in [0.1, 0.15) is 11.4 Å². The zero-order valence-corrected chi connectivity index (χ0v) is 9.99. The highest BCUT2D eigenvalue weighted by Gasteiger charge is 2.24. The second-order valence-corrected chi connectivity index (χ2v) is 3.92. The Bertz CT molecular complexity index is 673. The van der Waals surface area contributed by atoms with E-state index in [4.69, 9.17) is 5.11 Å². The van der Waals surface area contributed by atoms with Crippen LogP contribution in [-0.2, 0) is 11.2 Å². The highest BCUT2D eigenvalue weighted by molar-refractivity contribution is 5.69. The van der Waals surface area contributed by atoms with E-state index in [0.717, 1.165) is 0 Å². The maximum atomic E-state index is 13.6. The first-order valence-electron chi connectivity index (χ1n) is 5.29. The molecule has 9 heteroatoms. The monoisotopic (exact) mass is 289 g/mol. The van der Waals surface area contributed by atoms with E-state index >= 15 is 0 Å². The van der Waals surface area contributed by atoms with E-state index < -0.39 is 41.3 Å². The Morgan fingerprint density at radius 1 is 1.25 bits per heavy atom. The van der Waals surface area contributed by atoms with Gasteiger partial charge in [-0.15, -0.1) is 5.10 Å². The summed E-state index contributed by atoms with van der Waals surface area (Å²) in [5.41, 5.74) is -1.18. The number of benzene rings is 1. The molecule has 0 saturated carbocycles. The molecule has 0 atom stereocenters. The standard InChI is InChI=1S/C11H7F4N3O2/c1-4-7(3-8(19)20)16-17-18(4)11-9(14)5(12)2-6(13)10(11)15/h2H,3H2,1H3,(H,19,20). The summed E-state index contributed by atoms with van der Waals surface area (Å²) in [5, 5.41) is 15.4. The lowest BCUT2D eigenvalue weighted by Gasteiger charge is -2.08. The number of carbonyl (C=O) groups is 1. The van der Waals surface area contributed by atoms with Crippen molar-refractivity contribution in [2.24, 2.45) is 0 Å². The summed E-state index contributed by atoms with van der Waals surface area (Å²) in [4.78, 5) is 10.6. The van der Waals surface area contributed by atoms with Crippen LogP contribution >= 0.6 is 0 Å². The van der Waals surface area contributed by atoms with Crippen molar-refractivity contribution in [3.63, 3.8) is 0 Å². The maximum absolute atomic E-state index is 13.6. The molecule has 0 aliphatic rings. The molecule has 0 amide bonds. The molecule has 2 rings (SSSR count). The van der Waals surface area contributed by atoms with Crippen molar-refractivity contribution in [2.45, 2.75) is 13.3 Å². The van der Waals surface area contributed by atoms with Crippen LogP contribution in [0.3, 0.4) is 0 Å². The van der Waals surface area contributed by atoms with Gasteiger partial charge in [0.05, 0.1) is 17.8 Å². The number of carboxylic acids is 1. The average Bonchev–Trinajstić information content (AvgIpc) is 2.69. The Kier molecular flexibility index (Phi) is 3.43. The molecule has 0 unspecified atom stereocenters. The number of rotatable bonds is 3. The predicted octanol–water partition coefficient (Wildman–Crippen LogP) is 1.76.